The van der Waals surface area contributed by atoms with Crippen LogP contribution in [0.1, 0.15) is 46.6 Å². The number of hydrogen-bond acceptors (Lipinski definition) is 5. The lowest BCUT2D eigenvalue weighted by molar-refractivity contribution is 0.0176. The number of aromatic hydroxyl groups is 1. The number of benzene rings is 1. The highest BCUT2D eigenvalue weighted by Gasteiger charge is 2.47. The molecular formula is C24H33FN6O. The number of rotatable bonds is 5. The number of nitrogens with zero attached hydrogens (tertiary/aromatic N) is 4. The van der Waals surface area contributed by atoms with Gasteiger partial charge in [-0.1, -0.05) is 12.6 Å². The number of halogens is 1. The molecule has 1 aromatic carbocycles. The van der Waals surface area contributed by atoms with Crippen molar-refractivity contribution in [3.05, 3.63) is 48.8 Å². The molecule has 0 spiro atoms. The van der Waals surface area contributed by atoms with Crippen molar-refractivity contribution in [1.29, 1.82) is 0 Å². The van der Waals surface area contributed by atoms with Crippen LogP contribution in [0.3, 0.4) is 0 Å². The van der Waals surface area contributed by atoms with Gasteiger partial charge in [-0.2, -0.15) is 5.10 Å². The fourth-order valence-corrected chi connectivity index (χ4v) is 4.41. The molecule has 7 nitrogen and oxygen atoms in total. The molecule has 0 bridgehead atoms. The van der Waals surface area contributed by atoms with Gasteiger partial charge in [-0.05, 0) is 64.8 Å². The average molecular weight is 441 g/mol. The number of aromatic amines is 1. The van der Waals surface area contributed by atoms with E-state index in [0.29, 0.717) is 23.5 Å². The van der Waals surface area contributed by atoms with E-state index >= 15 is 4.39 Å². The third kappa shape index (κ3) is 4.91. The van der Waals surface area contributed by atoms with Crippen molar-refractivity contribution in [2.75, 3.05) is 7.05 Å². The number of hydrogen-bond donors (Lipinski definition) is 3. The maximum absolute atomic E-state index is 15.3. The lowest BCUT2D eigenvalue weighted by Crippen LogP contribution is -2.68. The highest BCUT2D eigenvalue weighted by atomic mass is 19.1. The topological polar surface area (TPSA) is 88.9 Å². The highest BCUT2D eigenvalue weighted by Crippen LogP contribution is 2.34. The molecule has 0 aliphatic carbocycles. The molecule has 32 heavy (non-hydrogen) atoms. The lowest BCUT2D eigenvalue weighted by Gasteiger charge is -2.51. The van der Waals surface area contributed by atoms with Gasteiger partial charge >= 0.3 is 0 Å². The Labute approximate surface area is 189 Å². The molecule has 3 rings (SSSR count). The van der Waals surface area contributed by atoms with Crippen molar-refractivity contribution in [3.8, 4) is 16.9 Å². The molecule has 3 N–H and O–H groups in total. The van der Waals surface area contributed by atoms with Gasteiger partial charge in [0, 0.05) is 35.4 Å². The Bertz CT molecular complexity index is 1030. The summed E-state index contributed by atoms with van der Waals surface area (Å²) < 4.78 is 15.3. The van der Waals surface area contributed by atoms with Crippen molar-refractivity contribution in [2.45, 2.75) is 64.3 Å². The van der Waals surface area contributed by atoms with Gasteiger partial charge in [-0.15, -0.1) is 10.2 Å². The van der Waals surface area contributed by atoms with E-state index in [9.17, 15) is 5.11 Å². The molecule has 0 amide bonds. The summed E-state index contributed by atoms with van der Waals surface area (Å²) in [7, 11) is 1.84. The summed E-state index contributed by atoms with van der Waals surface area (Å²) in [6, 6.07) is 4.95. The Morgan fingerprint density at radius 2 is 2.00 bits per heavy atom. The van der Waals surface area contributed by atoms with E-state index in [2.05, 4.69) is 46.1 Å². The number of piperidine rings is 1. The summed E-state index contributed by atoms with van der Waals surface area (Å²) in [5.41, 5.74) is 1.78. The first-order valence-electron chi connectivity index (χ1n) is 10.7. The minimum absolute atomic E-state index is 0.0641. The van der Waals surface area contributed by atoms with E-state index in [1.54, 1.807) is 31.5 Å². The highest BCUT2D eigenvalue weighted by molar-refractivity contribution is 6.10. The lowest BCUT2D eigenvalue weighted by atomic mass is 9.77. The number of H-pyrrole nitrogens is 1. The van der Waals surface area contributed by atoms with Gasteiger partial charge in [0.1, 0.15) is 17.8 Å². The second-order valence-electron chi connectivity index (χ2n) is 9.57. The molecule has 8 heteroatoms. The first-order valence-corrected chi connectivity index (χ1v) is 10.7. The van der Waals surface area contributed by atoms with Gasteiger partial charge in [0.25, 0.3) is 0 Å². The number of alkyl halides is 1. The molecule has 2 aromatic rings. The Hall–Kier alpha value is -3.00. The van der Waals surface area contributed by atoms with Crippen LogP contribution >= 0.6 is 0 Å². The molecule has 1 aliphatic rings. The fraction of sp³-hybridized carbons (Fsp3) is 0.458. The SMILES string of the molecule is C=C/C(=N\N=C(/C)N(C)C1CC(C)(C)NC(C)(C)C1F)c1ccc(-c2cn[nH]c2)cc1O. The standard InChI is InChI=1S/C24H33FN6O/c1-8-19(18-10-9-16(11-21(18)32)17-13-26-27-14-17)29-28-15(2)31(7)20-12-23(3,4)30-24(5,6)22(20)25/h8-11,13-14,20,22,30,32H,1,12H2,2-7H3,(H,26,27)/b28-15+,29-19+. The first-order chi connectivity index (χ1) is 14.9. The minimum atomic E-state index is -1.08. The van der Waals surface area contributed by atoms with Crippen LogP contribution in [0.25, 0.3) is 11.1 Å². The monoisotopic (exact) mass is 440 g/mol. The van der Waals surface area contributed by atoms with E-state index in [4.69, 9.17) is 0 Å². The first kappa shape index (κ1) is 23.7. The van der Waals surface area contributed by atoms with Crippen molar-refractivity contribution >= 4 is 11.5 Å². The summed E-state index contributed by atoms with van der Waals surface area (Å²) in [4.78, 5) is 1.85. The molecule has 2 atom stereocenters. The predicted molar refractivity (Wildman–Crippen MR) is 128 cm³/mol. The normalized spacial score (nSPS) is 23.1. The van der Waals surface area contributed by atoms with Crippen LogP contribution in [0, 0.1) is 0 Å². The molecule has 1 fully saturated rings. The molecular weight excluding hydrogens is 407 g/mol. The van der Waals surface area contributed by atoms with Crippen LogP contribution in [0.4, 0.5) is 4.39 Å². The fourth-order valence-electron chi connectivity index (χ4n) is 4.41. The predicted octanol–water partition coefficient (Wildman–Crippen LogP) is 4.28. The zero-order valence-corrected chi connectivity index (χ0v) is 19.6. The molecule has 2 unspecified atom stereocenters. The van der Waals surface area contributed by atoms with Crippen LogP contribution in [-0.2, 0) is 0 Å². The van der Waals surface area contributed by atoms with Crippen LogP contribution in [0.2, 0.25) is 0 Å². The molecule has 1 saturated heterocycles. The maximum atomic E-state index is 15.3. The largest absolute Gasteiger partial charge is 0.507 e. The van der Waals surface area contributed by atoms with Crippen molar-refractivity contribution in [1.82, 2.24) is 20.4 Å². The second-order valence-corrected chi connectivity index (χ2v) is 9.57. The summed E-state index contributed by atoms with van der Waals surface area (Å²) >= 11 is 0. The van der Waals surface area contributed by atoms with E-state index in [1.807, 2.05) is 31.9 Å². The summed E-state index contributed by atoms with van der Waals surface area (Å²) in [6.45, 7) is 13.5. The quantitative estimate of drug-likeness (QED) is 0.368. The third-order valence-electron chi connectivity index (χ3n) is 6.02. The molecule has 2 heterocycles. The number of phenolic OH excluding ortho intramolecular Hbond substituents is 1. The van der Waals surface area contributed by atoms with Gasteiger partial charge < -0.3 is 15.3 Å². The van der Waals surface area contributed by atoms with E-state index < -0.39 is 11.7 Å². The molecule has 0 saturated carbocycles. The number of allylic oxidation sites excluding steroid dienone is 1. The number of phenols is 1. The minimum Gasteiger partial charge on any atom is -0.507 e. The number of aromatic nitrogens is 2. The van der Waals surface area contributed by atoms with E-state index in [0.717, 1.165) is 11.1 Å². The van der Waals surface area contributed by atoms with Crippen molar-refractivity contribution < 1.29 is 9.50 Å². The summed E-state index contributed by atoms with van der Waals surface area (Å²) in [6.07, 6.45) is 4.53. The van der Waals surface area contributed by atoms with Gasteiger partial charge in [-0.25, -0.2) is 4.39 Å². The van der Waals surface area contributed by atoms with Gasteiger partial charge in [0.15, 0.2) is 0 Å². The van der Waals surface area contributed by atoms with Gasteiger partial charge in [-0.3, -0.25) is 5.10 Å². The van der Waals surface area contributed by atoms with Crippen LogP contribution in [0.5, 0.6) is 5.75 Å². The summed E-state index contributed by atoms with van der Waals surface area (Å²) in [5, 5.41) is 29.3. The number of amidine groups is 1. The third-order valence-corrected chi connectivity index (χ3v) is 6.02. The van der Waals surface area contributed by atoms with Crippen LogP contribution < -0.4 is 5.32 Å². The van der Waals surface area contributed by atoms with E-state index in [-0.39, 0.29) is 17.3 Å². The van der Waals surface area contributed by atoms with E-state index in [1.165, 1.54) is 6.08 Å². The Kier molecular flexibility index (Phi) is 6.55. The average Bonchev–Trinajstić information content (AvgIpc) is 3.25. The maximum Gasteiger partial charge on any atom is 0.138 e. The van der Waals surface area contributed by atoms with Crippen molar-refractivity contribution in [2.24, 2.45) is 10.2 Å². The Balaban J connectivity index is 1.85. The zero-order valence-electron chi connectivity index (χ0n) is 19.6. The molecule has 1 aliphatic heterocycles. The molecule has 1 aromatic heterocycles. The second kappa shape index (κ2) is 8.86. The van der Waals surface area contributed by atoms with Crippen LogP contribution in [-0.4, -0.2) is 62.1 Å². The Morgan fingerprint density at radius 3 is 2.59 bits per heavy atom. The smallest absolute Gasteiger partial charge is 0.138 e. The summed E-state index contributed by atoms with van der Waals surface area (Å²) in [5.74, 6) is 0.647. The van der Waals surface area contributed by atoms with Crippen molar-refractivity contribution in [3.63, 3.8) is 0 Å². The van der Waals surface area contributed by atoms with Crippen LogP contribution in [0.15, 0.2) is 53.5 Å². The zero-order chi connectivity index (χ0) is 23.7. The van der Waals surface area contributed by atoms with Gasteiger partial charge in [0.2, 0.25) is 0 Å². The van der Waals surface area contributed by atoms with Gasteiger partial charge in [0.05, 0.1) is 18.0 Å². The Morgan fingerprint density at radius 1 is 1.28 bits per heavy atom. The number of nitrogens with one attached hydrogen (secondary N) is 2. The molecule has 0 radical (unpaired) electrons. The molecule has 172 valence electrons.